The van der Waals surface area contributed by atoms with E-state index >= 15 is 0 Å². The molecule has 1 saturated heterocycles. The maximum atomic E-state index is 5.77. The lowest BCUT2D eigenvalue weighted by Gasteiger charge is -2.22. The highest BCUT2D eigenvalue weighted by molar-refractivity contribution is 5.87. The van der Waals surface area contributed by atoms with Gasteiger partial charge in [-0.2, -0.15) is 0 Å². The Kier molecular flexibility index (Phi) is 3.27. The Bertz CT molecular complexity index is 576. The number of nitrogens with zero attached hydrogens (tertiary/aromatic N) is 2. The number of ether oxygens (including phenoxy) is 3. The zero-order valence-corrected chi connectivity index (χ0v) is 10.8. The summed E-state index contributed by atoms with van der Waals surface area (Å²) in [6.07, 6.45) is -0.0282. The molecule has 102 valence electrons. The Morgan fingerprint density at radius 2 is 2.37 bits per heavy atom. The SMILES string of the molecule is Cn1nc(OC[C@@H]2COCCO2)c2ccc(N)cc21. The molecule has 2 heterocycles. The number of aryl methyl sites for hydroxylation is 1. The van der Waals surface area contributed by atoms with Crippen LogP contribution in [0.1, 0.15) is 0 Å². The number of aromatic nitrogens is 2. The highest BCUT2D eigenvalue weighted by atomic mass is 16.6. The predicted octanol–water partition coefficient (Wildman–Crippen LogP) is 0.950. The third kappa shape index (κ3) is 2.50. The van der Waals surface area contributed by atoms with Crippen molar-refractivity contribution in [2.45, 2.75) is 6.10 Å². The largest absolute Gasteiger partial charge is 0.473 e. The maximum Gasteiger partial charge on any atom is 0.240 e. The van der Waals surface area contributed by atoms with Crippen LogP contribution in [0.15, 0.2) is 18.2 Å². The second-order valence-corrected chi connectivity index (χ2v) is 4.58. The Morgan fingerprint density at radius 3 is 3.16 bits per heavy atom. The first-order valence-corrected chi connectivity index (χ1v) is 6.28. The number of nitrogen functional groups attached to an aromatic ring is 1. The number of fused-ring (bicyclic) bond motifs is 1. The van der Waals surface area contributed by atoms with Gasteiger partial charge in [0.05, 0.1) is 30.7 Å². The van der Waals surface area contributed by atoms with Crippen LogP contribution in [0.5, 0.6) is 5.88 Å². The van der Waals surface area contributed by atoms with E-state index in [1.54, 1.807) is 4.68 Å². The minimum atomic E-state index is -0.0282. The van der Waals surface area contributed by atoms with Gasteiger partial charge in [0.15, 0.2) is 0 Å². The molecular formula is C13H17N3O3. The molecule has 2 aromatic rings. The molecule has 3 rings (SSSR count). The molecule has 1 fully saturated rings. The highest BCUT2D eigenvalue weighted by Crippen LogP contribution is 2.26. The topological polar surface area (TPSA) is 71.5 Å². The fraction of sp³-hybridized carbons (Fsp3) is 0.462. The van der Waals surface area contributed by atoms with Gasteiger partial charge >= 0.3 is 0 Å². The van der Waals surface area contributed by atoms with Gasteiger partial charge in [0, 0.05) is 12.7 Å². The van der Waals surface area contributed by atoms with Crippen LogP contribution in [0.2, 0.25) is 0 Å². The van der Waals surface area contributed by atoms with Crippen LogP contribution in [0, 0.1) is 0 Å². The van der Waals surface area contributed by atoms with Crippen LogP contribution in [0.3, 0.4) is 0 Å². The van der Waals surface area contributed by atoms with E-state index in [0.717, 1.165) is 10.9 Å². The van der Waals surface area contributed by atoms with Crippen molar-refractivity contribution in [2.75, 3.05) is 32.2 Å². The summed E-state index contributed by atoms with van der Waals surface area (Å²) in [4.78, 5) is 0. The number of anilines is 1. The lowest BCUT2D eigenvalue weighted by Crippen LogP contribution is -2.33. The van der Waals surface area contributed by atoms with Crippen molar-refractivity contribution >= 4 is 16.6 Å². The summed E-state index contributed by atoms with van der Waals surface area (Å²) in [6, 6.07) is 5.65. The number of hydrogen-bond acceptors (Lipinski definition) is 5. The van der Waals surface area contributed by atoms with Crippen LogP contribution >= 0.6 is 0 Å². The lowest BCUT2D eigenvalue weighted by atomic mass is 10.2. The van der Waals surface area contributed by atoms with Crippen LogP contribution in [0.4, 0.5) is 5.69 Å². The van der Waals surface area contributed by atoms with Gasteiger partial charge in [0.1, 0.15) is 12.7 Å². The monoisotopic (exact) mass is 263 g/mol. The molecule has 1 aromatic heterocycles. The van der Waals surface area contributed by atoms with E-state index in [0.29, 0.717) is 38.0 Å². The first kappa shape index (κ1) is 12.3. The Balaban J connectivity index is 1.77. The summed E-state index contributed by atoms with van der Waals surface area (Å²) in [6.45, 7) is 2.28. The number of benzene rings is 1. The molecule has 6 nitrogen and oxygen atoms in total. The number of hydrogen-bond donors (Lipinski definition) is 1. The number of rotatable bonds is 3. The van der Waals surface area contributed by atoms with E-state index in [9.17, 15) is 0 Å². The molecule has 6 heteroatoms. The van der Waals surface area contributed by atoms with E-state index in [1.165, 1.54) is 0 Å². The maximum absolute atomic E-state index is 5.77. The molecule has 19 heavy (non-hydrogen) atoms. The van der Waals surface area contributed by atoms with Crippen LogP contribution in [0.25, 0.3) is 10.9 Å². The quantitative estimate of drug-likeness (QED) is 0.835. The molecule has 0 amide bonds. The zero-order chi connectivity index (χ0) is 13.2. The van der Waals surface area contributed by atoms with Crippen molar-refractivity contribution in [1.29, 1.82) is 0 Å². The van der Waals surface area contributed by atoms with Crippen molar-refractivity contribution in [3.63, 3.8) is 0 Å². The summed E-state index contributed by atoms with van der Waals surface area (Å²) < 4.78 is 18.4. The number of nitrogens with two attached hydrogens (primary N) is 1. The molecule has 0 radical (unpaired) electrons. The van der Waals surface area contributed by atoms with Crippen molar-refractivity contribution < 1.29 is 14.2 Å². The van der Waals surface area contributed by atoms with E-state index in [-0.39, 0.29) is 6.10 Å². The molecule has 0 saturated carbocycles. The predicted molar refractivity (Wildman–Crippen MR) is 71.2 cm³/mol. The summed E-state index contributed by atoms with van der Waals surface area (Å²) in [5.41, 5.74) is 7.44. The molecule has 1 aliphatic heterocycles. The van der Waals surface area contributed by atoms with E-state index in [2.05, 4.69) is 5.10 Å². The average molecular weight is 263 g/mol. The van der Waals surface area contributed by atoms with Crippen molar-refractivity contribution in [3.05, 3.63) is 18.2 Å². The molecule has 2 N–H and O–H groups in total. The van der Waals surface area contributed by atoms with Gasteiger partial charge in [0.2, 0.25) is 5.88 Å². The van der Waals surface area contributed by atoms with Crippen LogP contribution in [-0.2, 0) is 16.5 Å². The summed E-state index contributed by atoms with van der Waals surface area (Å²) >= 11 is 0. The normalized spacial score (nSPS) is 19.7. The Hall–Kier alpha value is -1.79. The molecule has 1 aliphatic rings. The first-order chi connectivity index (χ1) is 9.24. The average Bonchev–Trinajstić information content (AvgIpc) is 2.74. The molecule has 0 bridgehead atoms. The molecule has 1 aromatic carbocycles. The van der Waals surface area contributed by atoms with Gasteiger partial charge in [-0.05, 0) is 18.2 Å². The zero-order valence-electron chi connectivity index (χ0n) is 10.8. The molecule has 0 spiro atoms. The van der Waals surface area contributed by atoms with Gasteiger partial charge in [-0.3, -0.25) is 4.68 Å². The standard InChI is InChI=1S/C13H17N3O3/c1-16-12-6-9(14)2-3-11(12)13(15-16)19-8-10-7-17-4-5-18-10/h2-3,6,10H,4-5,7-8,14H2,1H3/t10-/m0/s1. The van der Waals surface area contributed by atoms with Crippen molar-refractivity contribution in [2.24, 2.45) is 7.05 Å². The van der Waals surface area contributed by atoms with Gasteiger partial charge in [-0.25, -0.2) is 0 Å². The van der Waals surface area contributed by atoms with Crippen LogP contribution in [-0.4, -0.2) is 42.3 Å². The Morgan fingerprint density at radius 1 is 1.47 bits per heavy atom. The van der Waals surface area contributed by atoms with Gasteiger partial charge in [-0.1, -0.05) is 0 Å². The third-order valence-electron chi connectivity index (χ3n) is 3.13. The smallest absolute Gasteiger partial charge is 0.240 e. The minimum absolute atomic E-state index is 0.0282. The third-order valence-corrected chi connectivity index (χ3v) is 3.13. The van der Waals surface area contributed by atoms with E-state index in [4.69, 9.17) is 19.9 Å². The minimum Gasteiger partial charge on any atom is -0.473 e. The second-order valence-electron chi connectivity index (χ2n) is 4.58. The van der Waals surface area contributed by atoms with Crippen molar-refractivity contribution in [1.82, 2.24) is 9.78 Å². The van der Waals surface area contributed by atoms with Gasteiger partial charge in [0.25, 0.3) is 0 Å². The summed E-state index contributed by atoms with van der Waals surface area (Å²) in [5.74, 6) is 0.603. The fourth-order valence-electron chi connectivity index (χ4n) is 2.15. The molecule has 1 atom stereocenters. The first-order valence-electron chi connectivity index (χ1n) is 6.28. The molecule has 0 aliphatic carbocycles. The van der Waals surface area contributed by atoms with Gasteiger partial charge in [-0.15, -0.1) is 5.10 Å². The van der Waals surface area contributed by atoms with E-state index < -0.39 is 0 Å². The van der Waals surface area contributed by atoms with Gasteiger partial charge < -0.3 is 19.9 Å². The van der Waals surface area contributed by atoms with E-state index in [1.807, 2.05) is 25.2 Å². The van der Waals surface area contributed by atoms with Crippen molar-refractivity contribution in [3.8, 4) is 5.88 Å². The van der Waals surface area contributed by atoms with Crippen LogP contribution < -0.4 is 10.5 Å². The molecular weight excluding hydrogens is 246 g/mol. The summed E-state index contributed by atoms with van der Waals surface area (Å²) in [7, 11) is 1.87. The Labute approximate surface area is 111 Å². The lowest BCUT2D eigenvalue weighted by molar-refractivity contribution is -0.101. The second kappa shape index (κ2) is 5.07. The highest BCUT2D eigenvalue weighted by Gasteiger charge is 2.17. The summed E-state index contributed by atoms with van der Waals surface area (Å²) in [5, 5.41) is 5.31. The molecule has 0 unspecified atom stereocenters. The fourth-order valence-corrected chi connectivity index (χ4v) is 2.15.